The molecule has 0 spiro atoms. The minimum Gasteiger partial charge on any atom is -0.478 e. The number of amides is 3. The van der Waals surface area contributed by atoms with Crippen molar-refractivity contribution in [2.75, 3.05) is 10.6 Å². The maximum absolute atomic E-state index is 13.4. The highest BCUT2D eigenvalue weighted by Crippen LogP contribution is 2.25. The largest absolute Gasteiger partial charge is 0.478 e. The molecule has 16 nitrogen and oxygen atoms in total. The molecule has 0 aliphatic carbocycles. The third-order valence-corrected chi connectivity index (χ3v) is 8.36. The van der Waals surface area contributed by atoms with Crippen LogP contribution in [-0.2, 0) is 26.2 Å². The summed E-state index contributed by atoms with van der Waals surface area (Å²) in [6, 6.07) is 13.0. The minimum absolute atomic E-state index is 0. The first-order valence-electron chi connectivity index (χ1n) is 16.2. The summed E-state index contributed by atoms with van der Waals surface area (Å²) in [4.78, 5) is 59.5. The van der Waals surface area contributed by atoms with Crippen molar-refractivity contribution in [2.24, 2.45) is 5.73 Å². The number of imidazole rings is 2. The van der Waals surface area contributed by atoms with Gasteiger partial charge >= 0.3 is 5.97 Å². The van der Waals surface area contributed by atoms with E-state index >= 15 is 0 Å². The summed E-state index contributed by atoms with van der Waals surface area (Å²) in [6.45, 7) is 9.31. The molecule has 0 unspecified atom stereocenters. The molecule has 3 amide bonds. The molecule has 2 aromatic carbocycles. The first kappa shape index (κ1) is 39.1. The Morgan fingerprint density at radius 1 is 0.692 bits per heavy atom. The van der Waals surface area contributed by atoms with Crippen LogP contribution < -0.4 is 16.4 Å². The van der Waals surface area contributed by atoms with Gasteiger partial charge in [0, 0.05) is 31.7 Å². The average molecular weight is 753 g/mol. The first-order chi connectivity index (χ1) is 24.0. The summed E-state index contributed by atoms with van der Waals surface area (Å²) in [7, 11) is 0. The zero-order valence-corrected chi connectivity index (χ0v) is 30.5. The molecule has 0 radical (unpaired) electrons. The van der Waals surface area contributed by atoms with Crippen LogP contribution in [0.15, 0.2) is 48.5 Å². The lowest BCUT2D eigenvalue weighted by Gasteiger charge is -2.13. The summed E-state index contributed by atoms with van der Waals surface area (Å²) in [5, 5.41) is 24.1. The Morgan fingerprint density at radius 2 is 1.12 bits per heavy atom. The van der Waals surface area contributed by atoms with Crippen LogP contribution >= 0.6 is 24.8 Å². The predicted octanol–water partition coefficient (Wildman–Crippen LogP) is 5.06. The zero-order valence-electron chi connectivity index (χ0n) is 28.9. The van der Waals surface area contributed by atoms with Gasteiger partial charge in [-0.05, 0) is 89.1 Å². The molecule has 0 fully saturated rings. The van der Waals surface area contributed by atoms with E-state index in [-0.39, 0.29) is 48.1 Å². The average Bonchev–Trinajstić information content (AvgIpc) is 3.84. The molecule has 52 heavy (non-hydrogen) atoms. The molecule has 274 valence electrons. The molecular weight excluding hydrogens is 713 g/mol. The van der Waals surface area contributed by atoms with E-state index < -0.39 is 11.9 Å². The number of primary amides is 1. The highest BCUT2D eigenvalue weighted by atomic mass is 35.5. The molecule has 6 rings (SSSR count). The van der Waals surface area contributed by atoms with Gasteiger partial charge in [0.2, 0.25) is 17.8 Å². The zero-order chi connectivity index (χ0) is 35.7. The second-order valence-corrected chi connectivity index (χ2v) is 11.8. The van der Waals surface area contributed by atoms with Crippen molar-refractivity contribution >= 4 is 82.5 Å². The van der Waals surface area contributed by atoms with Crippen LogP contribution in [0.2, 0.25) is 0 Å². The minimum atomic E-state index is -1.08. The summed E-state index contributed by atoms with van der Waals surface area (Å²) >= 11 is 0. The van der Waals surface area contributed by atoms with Crippen molar-refractivity contribution < 1.29 is 24.3 Å². The van der Waals surface area contributed by atoms with Crippen molar-refractivity contribution in [1.29, 1.82) is 0 Å². The van der Waals surface area contributed by atoms with Crippen LogP contribution in [0.4, 0.5) is 11.9 Å². The van der Waals surface area contributed by atoms with Crippen LogP contribution in [0.1, 0.15) is 79.8 Å². The number of carbonyl (C=O) groups excluding carboxylic acids is 3. The fraction of sp³-hybridized carbons (Fsp3) is 0.294. The smallest absolute Gasteiger partial charge is 0.335 e. The van der Waals surface area contributed by atoms with Gasteiger partial charge in [0.1, 0.15) is 11.4 Å². The van der Waals surface area contributed by atoms with Crippen molar-refractivity contribution in [3.05, 3.63) is 82.4 Å². The summed E-state index contributed by atoms with van der Waals surface area (Å²) in [5.41, 5.74) is 10.4. The summed E-state index contributed by atoms with van der Waals surface area (Å²) < 4.78 is 6.95. The third-order valence-electron chi connectivity index (χ3n) is 8.36. The lowest BCUT2D eigenvalue weighted by atomic mass is 10.2. The van der Waals surface area contributed by atoms with Crippen molar-refractivity contribution in [3.8, 4) is 0 Å². The monoisotopic (exact) mass is 751 g/mol. The van der Waals surface area contributed by atoms with E-state index in [1.165, 1.54) is 12.1 Å². The molecule has 18 heteroatoms. The molecule has 0 bridgehead atoms. The number of halogens is 2. The highest BCUT2D eigenvalue weighted by Gasteiger charge is 2.21. The van der Waals surface area contributed by atoms with E-state index in [2.05, 4.69) is 30.8 Å². The Labute approximate surface area is 310 Å². The molecule has 0 saturated heterocycles. The van der Waals surface area contributed by atoms with Gasteiger partial charge in [-0.25, -0.2) is 14.8 Å². The topological polar surface area (TPSA) is 210 Å². The van der Waals surface area contributed by atoms with Crippen LogP contribution in [0, 0.1) is 13.8 Å². The number of nitrogens with zero attached hydrogens (tertiary/aromatic N) is 8. The molecular formula is C34H39Cl2N11O5. The fourth-order valence-corrected chi connectivity index (χ4v) is 6.00. The van der Waals surface area contributed by atoms with Gasteiger partial charge in [0.05, 0.1) is 39.0 Å². The second kappa shape index (κ2) is 16.1. The number of benzene rings is 2. The van der Waals surface area contributed by atoms with E-state index in [0.717, 1.165) is 0 Å². The van der Waals surface area contributed by atoms with E-state index in [1.54, 1.807) is 45.8 Å². The van der Waals surface area contributed by atoms with Crippen molar-refractivity contribution in [1.82, 2.24) is 38.7 Å². The number of aryl methyl sites for hydroxylation is 6. The number of aromatic carboxylic acids is 1. The Hall–Kier alpha value is -5.74. The molecule has 0 atom stereocenters. The Bertz CT molecular complexity index is 2140. The molecule has 4 heterocycles. The third kappa shape index (κ3) is 7.77. The van der Waals surface area contributed by atoms with Gasteiger partial charge in [-0.1, -0.05) is 0 Å². The van der Waals surface area contributed by atoms with E-state index in [0.29, 0.717) is 95.4 Å². The van der Waals surface area contributed by atoms with Crippen LogP contribution in [0.5, 0.6) is 0 Å². The van der Waals surface area contributed by atoms with Crippen LogP contribution in [0.3, 0.4) is 0 Å². The number of anilines is 2. The number of aromatic nitrogens is 8. The van der Waals surface area contributed by atoms with Crippen molar-refractivity contribution in [3.63, 3.8) is 0 Å². The normalized spacial score (nSPS) is 10.9. The Balaban J connectivity index is 0.00000302. The molecule has 0 aliphatic heterocycles. The number of fused-ring (bicyclic) bond motifs is 2. The van der Waals surface area contributed by atoms with Crippen LogP contribution in [-0.4, -0.2) is 67.5 Å². The van der Waals surface area contributed by atoms with Gasteiger partial charge in [0.25, 0.3) is 11.8 Å². The van der Waals surface area contributed by atoms with Gasteiger partial charge < -0.3 is 20.0 Å². The SMILES string of the molecule is CCn1nc(C)cc1C(=O)Nc1nc2cc(C(N)=O)ccc2n1CCCCn1c(NC(=O)c2cc(C)nn2CC)nc2cc(C(=O)O)ccc21.Cl.Cl. The number of carbonyl (C=O) groups is 4. The highest BCUT2D eigenvalue weighted by molar-refractivity contribution is 6.04. The Morgan fingerprint density at radius 3 is 1.52 bits per heavy atom. The van der Waals surface area contributed by atoms with Crippen LogP contribution in [0.25, 0.3) is 22.1 Å². The molecule has 4 aromatic heterocycles. The number of nitrogens with two attached hydrogens (primary N) is 1. The second-order valence-electron chi connectivity index (χ2n) is 11.8. The number of unbranched alkanes of at least 4 members (excludes halogenated alkanes) is 1. The number of hydrogen-bond acceptors (Lipinski definition) is 8. The molecule has 0 aliphatic rings. The molecule has 6 aromatic rings. The summed E-state index contributed by atoms with van der Waals surface area (Å²) in [6.07, 6.45) is 1.22. The van der Waals surface area contributed by atoms with Gasteiger partial charge in [0.15, 0.2) is 0 Å². The first-order valence-corrected chi connectivity index (χ1v) is 16.2. The molecule has 5 N–H and O–H groups in total. The lowest BCUT2D eigenvalue weighted by molar-refractivity contribution is 0.0696. The van der Waals surface area contributed by atoms with Gasteiger partial charge in [-0.3, -0.25) is 34.4 Å². The lowest BCUT2D eigenvalue weighted by Crippen LogP contribution is -2.20. The number of carboxylic acid groups (broad SMARTS) is 1. The Kier molecular flexibility index (Phi) is 12.1. The molecule has 0 saturated carbocycles. The maximum atomic E-state index is 13.4. The number of nitrogens with one attached hydrogen (secondary N) is 2. The van der Waals surface area contributed by atoms with E-state index in [4.69, 9.17) is 5.73 Å². The standard InChI is InChI=1S/C34H37N11O5.2ClH/c1-5-44-27(15-19(3)40-44)30(47)38-33-36-23-17-21(29(35)46)9-11-25(23)42(33)13-7-8-14-43-26-12-10-22(32(49)50)18-24(26)37-34(43)39-31(48)28-16-20(4)41-45(28)6-2;;/h9-12,15-18H,5-8,13-14H2,1-4H3,(H2,35,46)(H,49,50)(H,36,38,47)(H,37,39,48);2*1H. The number of hydrogen-bond donors (Lipinski definition) is 4. The van der Waals surface area contributed by atoms with E-state index in [9.17, 15) is 24.3 Å². The van der Waals surface area contributed by atoms with Gasteiger partial charge in [-0.2, -0.15) is 10.2 Å². The maximum Gasteiger partial charge on any atom is 0.335 e. The number of rotatable bonds is 13. The fourth-order valence-electron chi connectivity index (χ4n) is 6.00. The predicted molar refractivity (Wildman–Crippen MR) is 200 cm³/mol. The van der Waals surface area contributed by atoms with Gasteiger partial charge in [-0.15, -0.1) is 24.8 Å². The summed E-state index contributed by atoms with van der Waals surface area (Å²) in [5.74, 6) is -1.85. The van der Waals surface area contributed by atoms with Crippen molar-refractivity contribution in [2.45, 2.75) is 66.7 Å². The number of carboxylic acids is 1. The quantitative estimate of drug-likeness (QED) is 0.116. The van der Waals surface area contributed by atoms with E-state index in [1.807, 2.05) is 36.8 Å².